The van der Waals surface area contributed by atoms with Crippen LogP contribution in [-0.2, 0) is 11.2 Å². The van der Waals surface area contributed by atoms with Gasteiger partial charge in [0.25, 0.3) is 0 Å². The van der Waals surface area contributed by atoms with Gasteiger partial charge in [-0.2, -0.15) is 5.10 Å². The number of aromatic nitrogens is 4. The molecule has 0 aliphatic heterocycles. The predicted octanol–water partition coefficient (Wildman–Crippen LogP) is 0.567. The quantitative estimate of drug-likeness (QED) is 0.549. The zero-order valence-corrected chi connectivity index (χ0v) is 11.6. The summed E-state index contributed by atoms with van der Waals surface area (Å²) < 4.78 is 0. The number of nitrogens with one attached hydrogen (secondary N) is 4. The van der Waals surface area contributed by atoms with Gasteiger partial charge >= 0.3 is 12.0 Å². The number of carbonyl (C=O) groups is 2. The maximum absolute atomic E-state index is 11.9. The van der Waals surface area contributed by atoms with Gasteiger partial charge in [-0.1, -0.05) is 0 Å². The smallest absolute Gasteiger partial charge is 0.326 e. The second kappa shape index (κ2) is 6.07. The van der Waals surface area contributed by atoms with E-state index < -0.39 is 18.0 Å². The number of aryl methyl sites for hydroxylation is 2. The van der Waals surface area contributed by atoms with Crippen molar-refractivity contribution in [2.45, 2.75) is 26.3 Å². The van der Waals surface area contributed by atoms with Crippen molar-refractivity contribution in [1.29, 1.82) is 0 Å². The molecular formula is C12H16N6O3. The molecule has 9 nitrogen and oxygen atoms in total. The molecule has 0 unspecified atom stereocenters. The van der Waals surface area contributed by atoms with Gasteiger partial charge in [0.2, 0.25) is 0 Å². The summed E-state index contributed by atoms with van der Waals surface area (Å²) in [6, 6.07) is -1.66. The number of carboxylic acid groups (broad SMARTS) is 1. The van der Waals surface area contributed by atoms with Crippen molar-refractivity contribution in [1.82, 2.24) is 25.5 Å². The first-order valence-electron chi connectivity index (χ1n) is 6.26. The standard InChI is InChI=1S/C12H16N6O3/c1-6-10(7(2)18-17-6)16-12(21)15-9(11(19)20)3-8-4-13-5-14-8/h4-5,9H,3H2,1-2H3,(H,13,14)(H,17,18)(H,19,20)(H2,15,16,21)/t9-/m1/s1. The van der Waals surface area contributed by atoms with E-state index in [1.165, 1.54) is 12.5 Å². The number of hydrogen-bond acceptors (Lipinski definition) is 4. The average Bonchev–Trinajstić information content (AvgIpc) is 3.03. The van der Waals surface area contributed by atoms with Crippen LogP contribution in [0, 0.1) is 13.8 Å². The van der Waals surface area contributed by atoms with E-state index >= 15 is 0 Å². The minimum atomic E-state index is -1.12. The maximum Gasteiger partial charge on any atom is 0.326 e. The molecule has 1 atom stereocenters. The number of imidazole rings is 1. The molecule has 0 bridgehead atoms. The molecule has 21 heavy (non-hydrogen) atoms. The van der Waals surface area contributed by atoms with Crippen molar-refractivity contribution in [2.75, 3.05) is 5.32 Å². The fraction of sp³-hybridized carbons (Fsp3) is 0.333. The zero-order chi connectivity index (χ0) is 15.4. The number of aliphatic carboxylic acids is 1. The summed E-state index contributed by atoms with van der Waals surface area (Å²) in [7, 11) is 0. The van der Waals surface area contributed by atoms with E-state index in [0.717, 1.165) is 0 Å². The third kappa shape index (κ3) is 3.59. The van der Waals surface area contributed by atoms with Gasteiger partial charge in [-0.3, -0.25) is 5.10 Å². The molecule has 0 aromatic carbocycles. The summed E-state index contributed by atoms with van der Waals surface area (Å²) in [5, 5.41) is 20.8. The molecule has 9 heteroatoms. The minimum Gasteiger partial charge on any atom is -0.480 e. The van der Waals surface area contributed by atoms with Crippen LogP contribution in [0.25, 0.3) is 0 Å². The van der Waals surface area contributed by atoms with Crippen molar-refractivity contribution in [3.63, 3.8) is 0 Å². The highest BCUT2D eigenvalue weighted by molar-refractivity contribution is 5.93. The van der Waals surface area contributed by atoms with Gasteiger partial charge in [0.05, 0.1) is 23.4 Å². The number of amides is 2. The fourth-order valence-corrected chi connectivity index (χ4v) is 1.86. The van der Waals surface area contributed by atoms with Crippen LogP contribution in [0.3, 0.4) is 0 Å². The number of anilines is 1. The molecule has 0 aliphatic carbocycles. The van der Waals surface area contributed by atoms with Gasteiger partial charge in [0.15, 0.2) is 0 Å². The van der Waals surface area contributed by atoms with Crippen LogP contribution in [0.2, 0.25) is 0 Å². The molecule has 0 radical (unpaired) electrons. The number of carbonyl (C=O) groups excluding carboxylic acids is 1. The minimum absolute atomic E-state index is 0.117. The van der Waals surface area contributed by atoms with Gasteiger partial charge in [0, 0.05) is 18.3 Å². The number of nitrogens with zero attached hydrogens (tertiary/aromatic N) is 2. The zero-order valence-electron chi connectivity index (χ0n) is 11.6. The fourth-order valence-electron chi connectivity index (χ4n) is 1.86. The van der Waals surface area contributed by atoms with Crippen molar-refractivity contribution in [3.8, 4) is 0 Å². The van der Waals surface area contributed by atoms with Crippen LogP contribution in [0.5, 0.6) is 0 Å². The molecule has 0 spiro atoms. The number of hydrogen-bond donors (Lipinski definition) is 5. The Morgan fingerprint density at radius 1 is 1.43 bits per heavy atom. The van der Waals surface area contributed by atoms with Crippen LogP contribution in [0.4, 0.5) is 10.5 Å². The Balaban J connectivity index is 2.00. The molecule has 0 aliphatic rings. The molecule has 0 fully saturated rings. The SMILES string of the molecule is Cc1n[nH]c(C)c1NC(=O)N[C@H](Cc1cnc[nH]1)C(=O)O. The van der Waals surface area contributed by atoms with Crippen LogP contribution >= 0.6 is 0 Å². The summed E-state index contributed by atoms with van der Waals surface area (Å²) in [5.41, 5.74) is 2.49. The number of rotatable bonds is 5. The van der Waals surface area contributed by atoms with E-state index in [0.29, 0.717) is 22.8 Å². The van der Waals surface area contributed by atoms with Crippen LogP contribution in [-0.4, -0.2) is 43.3 Å². The predicted molar refractivity (Wildman–Crippen MR) is 73.9 cm³/mol. The highest BCUT2D eigenvalue weighted by atomic mass is 16.4. The molecule has 2 rings (SSSR count). The molecule has 0 saturated heterocycles. The van der Waals surface area contributed by atoms with E-state index in [9.17, 15) is 9.59 Å². The molecule has 2 amide bonds. The lowest BCUT2D eigenvalue weighted by molar-refractivity contribution is -0.139. The highest BCUT2D eigenvalue weighted by Crippen LogP contribution is 2.15. The summed E-state index contributed by atoms with van der Waals surface area (Å²) in [4.78, 5) is 29.7. The lowest BCUT2D eigenvalue weighted by atomic mass is 10.1. The van der Waals surface area contributed by atoms with E-state index in [4.69, 9.17) is 5.11 Å². The summed E-state index contributed by atoms with van der Waals surface area (Å²) in [5.74, 6) is -1.12. The number of aromatic amines is 2. The number of H-pyrrole nitrogens is 2. The Morgan fingerprint density at radius 3 is 2.71 bits per heavy atom. The molecule has 2 aromatic heterocycles. The Hall–Kier alpha value is -2.84. The van der Waals surface area contributed by atoms with E-state index in [1.54, 1.807) is 13.8 Å². The largest absolute Gasteiger partial charge is 0.480 e. The Kier molecular flexibility index (Phi) is 4.21. The molecular weight excluding hydrogens is 276 g/mol. The number of urea groups is 1. The molecule has 2 heterocycles. The van der Waals surface area contributed by atoms with Gasteiger partial charge < -0.3 is 20.7 Å². The summed E-state index contributed by atoms with van der Waals surface area (Å²) in [6.45, 7) is 3.49. The molecule has 0 saturated carbocycles. The lowest BCUT2D eigenvalue weighted by Gasteiger charge is -2.14. The van der Waals surface area contributed by atoms with Crippen molar-refractivity contribution >= 4 is 17.7 Å². The number of carboxylic acids is 1. The summed E-state index contributed by atoms with van der Waals surface area (Å²) >= 11 is 0. The Bertz CT molecular complexity index is 614. The first kappa shape index (κ1) is 14.6. The topological polar surface area (TPSA) is 136 Å². The third-order valence-electron chi connectivity index (χ3n) is 2.95. The Morgan fingerprint density at radius 2 is 2.19 bits per heavy atom. The molecule has 2 aromatic rings. The van der Waals surface area contributed by atoms with E-state index in [-0.39, 0.29) is 6.42 Å². The highest BCUT2D eigenvalue weighted by Gasteiger charge is 2.22. The second-order valence-corrected chi connectivity index (χ2v) is 4.58. The summed E-state index contributed by atoms with van der Waals surface area (Å²) in [6.07, 6.45) is 3.08. The normalized spacial score (nSPS) is 11.9. The van der Waals surface area contributed by atoms with Gasteiger partial charge in [0.1, 0.15) is 6.04 Å². The van der Waals surface area contributed by atoms with E-state index in [2.05, 4.69) is 30.8 Å². The van der Waals surface area contributed by atoms with Crippen LogP contribution < -0.4 is 10.6 Å². The molecule has 112 valence electrons. The van der Waals surface area contributed by atoms with Crippen molar-refractivity contribution in [3.05, 3.63) is 29.6 Å². The van der Waals surface area contributed by atoms with Crippen molar-refractivity contribution < 1.29 is 14.7 Å². The monoisotopic (exact) mass is 292 g/mol. The first-order valence-corrected chi connectivity index (χ1v) is 6.26. The maximum atomic E-state index is 11.9. The van der Waals surface area contributed by atoms with Crippen molar-refractivity contribution in [2.24, 2.45) is 0 Å². The van der Waals surface area contributed by atoms with Gasteiger partial charge in [-0.05, 0) is 13.8 Å². The van der Waals surface area contributed by atoms with E-state index in [1.807, 2.05) is 0 Å². The first-order chi connectivity index (χ1) is 9.97. The molecule has 5 N–H and O–H groups in total. The second-order valence-electron chi connectivity index (χ2n) is 4.58. The lowest BCUT2D eigenvalue weighted by Crippen LogP contribution is -2.44. The average molecular weight is 292 g/mol. The van der Waals surface area contributed by atoms with Crippen LogP contribution in [0.1, 0.15) is 17.1 Å². The van der Waals surface area contributed by atoms with Gasteiger partial charge in [-0.25, -0.2) is 14.6 Å². The third-order valence-corrected chi connectivity index (χ3v) is 2.95. The van der Waals surface area contributed by atoms with Crippen LogP contribution in [0.15, 0.2) is 12.5 Å². The Labute approximate surface area is 120 Å². The van der Waals surface area contributed by atoms with Gasteiger partial charge in [-0.15, -0.1) is 0 Å².